The molecule has 0 atom stereocenters. The molecule has 0 N–H and O–H groups in total. The molecule has 0 aliphatic rings. The number of rotatable bonds is 5. The molecule has 0 spiro atoms. The predicted molar refractivity (Wildman–Crippen MR) is 75.1 cm³/mol. The lowest BCUT2D eigenvalue weighted by molar-refractivity contribution is 1.18. The van der Waals surface area contributed by atoms with Gasteiger partial charge in [0, 0.05) is 4.90 Å². The van der Waals surface area contributed by atoms with Gasteiger partial charge in [0.1, 0.15) is 0 Å². The lowest BCUT2D eigenvalue weighted by Gasteiger charge is -2.30. The third kappa shape index (κ3) is 2.48. The fourth-order valence-electron chi connectivity index (χ4n) is 2.40. The van der Waals surface area contributed by atoms with Gasteiger partial charge in [0.25, 0.3) is 0 Å². The van der Waals surface area contributed by atoms with Gasteiger partial charge in [0.05, 0.1) is 8.07 Å². The fraction of sp³-hybridized carbons (Fsp3) is 0.538. The second-order valence-electron chi connectivity index (χ2n) is 4.04. The van der Waals surface area contributed by atoms with Crippen LogP contribution in [0.15, 0.2) is 29.2 Å². The number of hydrogen-bond donors (Lipinski definition) is 0. The van der Waals surface area contributed by atoms with E-state index in [0.29, 0.717) is 0 Å². The monoisotopic (exact) mass is 238 g/mol. The van der Waals surface area contributed by atoms with Crippen LogP contribution in [0.3, 0.4) is 0 Å². The largest absolute Gasteiger partial charge is 0.130 e. The summed E-state index contributed by atoms with van der Waals surface area (Å²) in [6, 6.07) is 13.1. The van der Waals surface area contributed by atoms with Crippen LogP contribution in [0.2, 0.25) is 18.1 Å². The van der Waals surface area contributed by atoms with Crippen LogP contribution in [0.4, 0.5) is 0 Å². The number of benzene rings is 1. The first-order valence-electron chi connectivity index (χ1n) is 5.87. The van der Waals surface area contributed by atoms with Crippen LogP contribution in [0.1, 0.15) is 20.8 Å². The van der Waals surface area contributed by atoms with Crippen molar-refractivity contribution in [1.29, 1.82) is 0 Å². The molecule has 0 bridgehead atoms. The SMILES string of the molecule is CC[Si](CC)(CC)c1ccccc1SC. The molecule has 0 nitrogen and oxygen atoms in total. The summed E-state index contributed by atoms with van der Waals surface area (Å²) in [6.07, 6.45) is 2.19. The Bertz CT molecular complexity index is 297. The number of thioether (sulfide) groups is 1. The summed E-state index contributed by atoms with van der Waals surface area (Å²) in [5.74, 6) is 0. The topological polar surface area (TPSA) is 0 Å². The Labute approximate surface area is 99.5 Å². The van der Waals surface area contributed by atoms with E-state index in [1.165, 1.54) is 23.0 Å². The maximum Gasteiger partial charge on any atom is 0.0873 e. The van der Waals surface area contributed by atoms with Crippen molar-refractivity contribution in [3.63, 3.8) is 0 Å². The van der Waals surface area contributed by atoms with Crippen molar-refractivity contribution < 1.29 is 0 Å². The minimum atomic E-state index is -1.18. The molecule has 0 fully saturated rings. The van der Waals surface area contributed by atoms with E-state index >= 15 is 0 Å². The van der Waals surface area contributed by atoms with E-state index in [4.69, 9.17) is 0 Å². The molecule has 84 valence electrons. The van der Waals surface area contributed by atoms with Gasteiger partial charge in [-0.1, -0.05) is 57.1 Å². The van der Waals surface area contributed by atoms with E-state index in [2.05, 4.69) is 51.3 Å². The second kappa shape index (κ2) is 5.76. The van der Waals surface area contributed by atoms with Crippen molar-refractivity contribution in [2.24, 2.45) is 0 Å². The molecule has 2 heteroatoms. The predicted octanol–water partition coefficient (Wildman–Crippen LogP) is 4.12. The van der Waals surface area contributed by atoms with Crippen molar-refractivity contribution in [3.8, 4) is 0 Å². The van der Waals surface area contributed by atoms with E-state index in [-0.39, 0.29) is 0 Å². The highest BCUT2D eigenvalue weighted by atomic mass is 32.2. The smallest absolute Gasteiger partial charge is 0.0873 e. The van der Waals surface area contributed by atoms with Crippen LogP contribution < -0.4 is 5.19 Å². The van der Waals surface area contributed by atoms with Crippen LogP contribution in [-0.2, 0) is 0 Å². The van der Waals surface area contributed by atoms with Crippen molar-refractivity contribution in [2.75, 3.05) is 6.26 Å². The molecule has 0 heterocycles. The van der Waals surface area contributed by atoms with Gasteiger partial charge in [-0.2, -0.15) is 0 Å². The highest BCUT2D eigenvalue weighted by Gasteiger charge is 2.30. The second-order valence-corrected chi connectivity index (χ2v) is 10.1. The van der Waals surface area contributed by atoms with Crippen molar-refractivity contribution in [2.45, 2.75) is 43.8 Å². The Morgan fingerprint density at radius 2 is 1.53 bits per heavy atom. The van der Waals surface area contributed by atoms with Gasteiger partial charge in [-0.3, -0.25) is 0 Å². The molecule has 0 saturated heterocycles. The molecule has 0 aliphatic carbocycles. The Hall–Kier alpha value is -0.213. The summed E-state index contributed by atoms with van der Waals surface area (Å²) in [7, 11) is -1.18. The summed E-state index contributed by atoms with van der Waals surface area (Å²) in [6.45, 7) is 7.11. The molecule has 1 aromatic carbocycles. The molecule has 0 amide bonds. The minimum absolute atomic E-state index is 1.18. The molecular weight excluding hydrogens is 216 g/mol. The standard InChI is InChI=1S/C13H22SSi/c1-5-15(6-2,7-3)13-11-9-8-10-12(13)14-4/h8-11H,5-7H2,1-4H3. The summed E-state index contributed by atoms with van der Waals surface area (Å²) in [4.78, 5) is 1.51. The lowest BCUT2D eigenvalue weighted by Crippen LogP contribution is -2.46. The first-order chi connectivity index (χ1) is 7.24. The normalized spacial score (nSPS) is 11.7. The Balaban J connectivity index is 3.21. The van der Waals surface area contributed by atoms with E-state index in [1.54, 1.807) is 5.19 Å². The average molecular weight is 238 g/mol. The van der Waals surface area contributed by atoms with Crippen LogP contribution in [-0.4, -0.2) is 14.3 Å². The molecule has 0 aliphatic heterocycles. The third-order valence-electron chi connectivity index (χ3n) is 3.71. The molecule has 0 aromatic heterocycles. The zero-order valence-corrected chi connectivity index (χ0v) is 12.2. The summed E-state index contributed by atoms with van der Waals surface area (Å²) in [5.41, 5.74) is 0. The van der Waals surface area contributed by atoms with Gasteiger partial charge >= 0.3 is 0 Å². The molecule has 0 saturated carbocycles. The van der Waals surface area contributed by atoms with Crippen molar-refractivity contribution in [3.05, 3.63) is 24.3 Å². The van der Waals surface area contributed by atoms with Gasteiger partial charge in [-0.15, -0.1) is 11.8 Å². The Kier molecular flexibility index (Phi) is 4.93. The number of hydrogen-bond acceptors (Lipinski definition) is 1. The first-order valence-corrected chi connectivity index (χ1v) is 9.72. The maximum absolute atomic E-state index is 2.37. The third-order valence-corrected chi connectivity index (χ3v) is 10.3. The molecule has 1 rings (SSSR count). The zero-order chi connectivity index (χ0) is 11.3. The van der Waals surface area contributed by atoms with E-state index in [1.807, 2.05) is 11.8 Å². The van der Waals surface area contributed by atoms with Crippen LogP contribution in [0, 0.1) is 0 Å². The van der Waals surface area contributed by atoms with Gasteiger partial charge in [0.2, 0.25) is 0 Å². The molecule has 0 unspecified atom stereocenters. The van der Waals surface area contributed by atoms with Crippen LogP contribution >= 0.6 is 11.8 Å². The Morgan fingerprint density at radius 3 is 2.00 bits per heavy atom. The van der Waals surface area contributed by atoms with Gasteiger partial charge < -0.3 is 0 Å². The van der Waals surface area contributed by atoms with Crippen molar-refractivity contribution in [1.82, 2.24) is 0 Å². The molecular formula is C13H22SSi. The highest BCUT2D eigenvalue weighted by molar-refractivity contribution is 7.98. The quantitative estimate of drug-likeness (QED) is 0.549. The van der Waals surface area contributed by atoms with E-state index in [9.17, 15) is 0 Å². The van der Waals surface area contributed by atoms with Crippen LogP contribution in [0.25, 0.3) is 0 Å². The highest BCUT2D eigenvalue weighted by Crippen LogP contribution is 2.25. The zero-order valence-electron chi connectivity index (χ0n) is 10.3. The van der Waals surface area contributed by atoms with Crippen molar-refractivity contribution >= 4 is 25.0 Å². The average Bonchev–Trinajstić information content (AvgIpc) is 2.33. The summed E-state index contributed by atoms with van der Waals surface area (Å²) < 4.78 is 0. The summed E-state index contributed by atoms with van der Waals surface area (Å²) >= 11 is 1.90. The van der Waals surface area contributed by atoms with Gasteiger partial charge in [-0.05, 0) is 17.5 Å². The minimum Gasteiger partial charge on any atom is -0.130 e. The van der Waals surface area contributed by atoms with Gasteiger partial charge in [0.15, 0.2) is 0 Å². The van der Waals surface area contributed by atoms with Crippen LogP contribution in [0.5, 0.6) is 0 Å². The molecule has 0 radical (unpaired) electrons. The lowest BCUT2D eigenvalue weighted by atomic mass is 10.4. The summed E-state index contributed by atoms with van der Waals surface area (Å²) in [5, 5.41) is 1.69. The van der Waals surface area contributed by atoms with E-state index in [0.717, 1.165) is 0 Å². The Morgan fingerprint density at radius 1 is 1.00 bits per heavy atom. The fourth-order valence-corrected chi connectivity index (χ4v) is 7.56. The van der Waals surface area contributed by atoms with Gasteiger partial charge in [-0.25, -0.2) is 0 Å². The first kappa shape index (κ1) is 12.9. The molecule has 1 aromatic rings. The van der Waals surface area contributed by atoms with E-state index < -0.39 is 8.07 Å². The molecule has 15 heavy (non-hydrogen) atoms. The maximum atomic E-state index is 2.37.